The van der Waals surface area contributed by atoms with Crippen LogP contribution in [0, 0.1) is 5.92 Å². The van der Waals surface area contributed by atoms with E-state index in [1.54, 1.807) is 0 Å². The number of nitrogens with two attached hydrogens (primary N) is 1. The van der Waals surface area contributed by atoms with Crippen LogP contribution in [0.15, 0.2) is 0 Å². The van der Waals surface area contributed by atoms with Crippen molar-refractivity contribution in [2.24, 2.45) is 11.7 Å². The van der Waals surface area contributed by atoms with Gasteiger partial charge >= 0.3 is 0 Å². The molecular formula is C10H24ClN3O3S. The lowest BCUT2D eigenvalue weighted by Crippen LogP contribution is -2.51. The van der Waals surface area contributed by atoms with Crippen molar-refractivity contribution < 1.29 is 13.2 Å². The third-order valence-electron chi connectivity index (χ3n) is 2.67. The van der Waals surface area contributed by atoms with E-state index >= 15 is 0 Å². The number of halogens is 1. The molecule has 1 heterocycles. The monoisotopic (exact) mass is 301 g/mol. The molecule has 1 saturated heterocycles. The van der Waals surface area contributed by atoms with Crippen LogP contribution in [-0.4, -0.2) is 51.6 Å². The Labute approximate surface area is 116 Å². The normalized spacial score (nSPS) is 19.6. The number of hydrogen-bond donors (Lipinski definition) is 2. The van der Waals surface area contributed by atoms with Gasteiger partial charge in [0.15, 0.2) is 0 Å². The lowest BCUT2D eigenvalue weighted by molar-refractivity contribution is 0.0723. The van der Waals surface area contributed by atoms with E-state index in [0.29, 0.717) is 38.8 Å². The Kier molecular flexibility index (Phi) is 8.33. The highest BCUT2D eigenvalue weighted by Crippen LogP contribution is 2.08. The van der Waals surface area contributed by atoms with Gasteiger partial charge in [-0.3, -0.25) is 0 Å². The molecule has 3 N–H and O–H groups in total. The standard InChI is InChI=1S/C10H23N3O3S.ClH/c1-9(2)7-10(8-11)12-17(14,15)13-3-5-16-6-4-13;/h9-10,12H,3-8,11H2,1-2H3;1H. The van der Waals surface area contributed by atoms with Gasteiger partial charge in [-0.15, -0.1) is 12.4 Å². The first-order valence-corrected chi connectivity index (χ1v) is 7.45. The van der Waals surface area contributed by atoms with Crippen molar-refractivity contribution in [2.75, 3.05) is 32.8 Å². The molecule has 0 spiro atoms. The summed E-state index contributed by atoms with van der Waals surface area (Å²) in [6.45, 7) is 6.15. The lowest BCUT2D eigenvalue weighted by Gasteiger charge is -2.28. The molecule has 1 unspecified atom stereocenters. The molecule has 110 valence electrons. The van der Waals surface area contributed by atoms with Crippen LogP contribution in [0.3, 0.4) is 0 Å². The van der Waals surface area contributed by atoms with E-state index in [0.717, 1.165) is 6.42 Å². The van der Waals surface area contributed by atoms with Crippen molar-refractivity contribution in [1.82, 2.24) is 9.03 Å². The first-order valence-electron chi connectivity index (χ1n) is 6.01. The number of rotatable bonds is 6. The van der Waals surface area contributed by atoms with E-state index in [2.05, 4.69) is 4.72 Å². The van der Waals surface area contributed by atoms with Crippen LogP contribution in [0.1, 0.15) is 20.3 Å². The van der Waals surface area contributed by atoms with Crippen LogP contribution in [-0.2, 0) is 14.9 Å². The summed E-state index contributed by atoms with van der Waals surface area (Å²) in [7, 11) is -3.42. The Bertz CT molecular complexity index is 318. The summed E-state index contributed by atoms with van der Waals surface area (Å²) in [5.41, 5.74) is 5.59. The Balaban J connectivity index is 0.00000289. The topological polar surface area (TPSA) is 84.7 Å². The molecule has 1 fully saturated rings. The Hall–Kier alpha value is 0.0800. The van der Waals surface area contributed by atoms with Gasteiger partial charge in [0, 0.05) is 25.7 Å². The van der Waals surface area contributed by atoms with Crippen molar-refractivity contribution in [3.8, 4) is 0 Å². The first kappa shape index (κ1) is 18.1. The minimum atomic E-state index is -3.42. The van der Waals surface area contributed by atoms with Crippen LogP contribution < -0.4 is 10.5 Å². The summed E-state index contributed by atoms with van der Waals surface area (Å²) in [4.78, 5) is 0. The van der Waals surface area contributed by atoms with E-state index in [-0.39, 0.29) is 18.4 Å². The zero-order chi connectivity index (χ0) is 12.9. The Morgan fingerprint density at radius 2 is 1.89 bits per heavy atom. The molecule has 6 nitrogen and oxygen atoms in total. The molecule has 0 radical (unpaired) electrons. The number of ether oxygens (including phenoxy) is 1. The molecular weight excluding hydrogens is 278 g/mol. The predicted molar refractivity (Wildman–Crippen MR) is 74.0 cm³/mol. The fraction of sp³-hybridized carbons (Fsp3) is 1.00. The maximum absolute atomic E-state index is 12.0. The summed E-state index contributed by atoms with van der Waals surface area (Å²) < 4.78 is 33.3. The van der Waals surface area contributed by atoms with Crippen molar-refractivity contribution in [2.45, 2.75) is 26.3 Å². The smallest absolute Gasteiger partial charge is 0.279 e. The van der Waals surface area contributed by atoms with Crippen molar-refractivity contribution >= 4 is 22.6 Å². The minimum absolute atomic E-state index is 0. The summed E-state index contributed by atoms with van der Waals surface area (Å²) in [5.74, 6) is 0.413. The van der Waals surface area contributed by atoms with Gasteiger partial charge in [-0.2, -0.15) is 17.4 Å². The number of morpholine rings is 1. The molecule has 18 heavy (non-hydrogen) atoms. The third-order valence-corrected chi connectivity index (χ3v) is 4.34. The van der Waals surface area contributed by atoms with Gasteiger partial charge in [-0.1, -0.05) is 13.8 Å². The van der Waals surface area contributed by atoms with Gasteiger partial charge < -0.3 is 10.5 Å². The van der Waals surface area contributed by atoms with Crippen molar-refractivity contribution in [3.05, 3.63) is 0 Å². The summed E-state index contributed by atoms with van der Waals surface area (Å²) in [6.07, 6.45) is 0.750. The maximum Gasteiger partial charge on any atom is 0.279 e. The van der Waals surface area contributed by atoms with Crippen LogP contribution in [0.25, 0.3) is 0 Å². The predicted octanol–water partition coefficient (Wildman–Crippen LogP) is -0.0518. The number of hydrogen-bond acceptors (Lipinski definition) is 4. The minimum Gasteiger partial charge on any atom is -0.379 e. The highest BCUT2D eigenvalue weighted by atomic mass is 35.5. The summed E-state index contributed by atoms with van der Waals surface area (Å²) in [5, 5.41) is 0. The summed E-state index contributed by atoms with van der Waals surface area (Å²) >= 11 is 0. The Morgan fingerprint density at radius 1 is 1.33 bits per heavy atom. The van der Waals surface area contributed by atoms with Crippen LogP contribution in [0.5, 0.6) is 0 Å². The molecule has 0 bridgehead atoms. The number of nitrogens with zero attached hydrogens (tertiary/aromatic N) is 1. The summed E-state index contributed by atoms with van der Waals surface area (Å²) in [6, 6.07) is -0.192. The van der Waals surface area contributed by atoms with Gasteiger partial charge in [0.1, 0.15) is 0 Å². The van der Waals surface area contributed by atoms with Crippen LogP contribution in [0.4, 0.5) is 0 Å². The van der Waals surface area contributed by atoms with Crippen molar-refractivity contribution in [3.63, 3.8) is 0 Å². The second kappa shape index (κ2) is 8.29. The second-order valence-corrected chi connectivity index (χ2v) is 6.40. The highest BCUT2D eigenvalue weighted by Gasteiger charge is 2.26. The van der Waals surface area contributed by atoms with Crippen molar-refractivity contribution in [1.29, 1.82) is 0 Å². The molecule has 1 aliphatic rings. The average molecular weight is 302 g/mol. The van der Waals surface area contributed by atoms with Crippen LogP contribution in [0.2, 0.25) is 0 Å². The van der Waals surface area contributed by atoms with E-state index in [4.69, 9.17) is 10.5 Å². The SMILES string of the molecule is CC(C)CC(CN)NS(=O)(=O)N1CCOCC1.Cl. The Morgan fingerprint density at radius 3 is 2.33 bits per heavy atom. The molecule has 1 atom stereocenters. The van der Waals surface area contributed by atoms with E-state index < -0.39 is 10.2 Å². The zero-order valence-corrected chi connectivity index (χ0v) is 12.6. The molecule has 1 aliphatic heterocycles. The highest BCUT2D eigenvalue weighted by molar-refractivity contribution is 7.87. The van der Waals surface area contributed by atoms with Gasteiger partial charge in [-0.05, 0) is 12.3 Å². The average Bonchev–Trinajstić information content (AvgIpc) is 2.28. The molecule has 8 heteroatoms. The molecule has 0 aliphatic carbocycles. The van der Waals surface area contributed by atoms with E-state index in [9.17, 15) is 8.42 Å². The largest absolute Gasteiger partial charge is 0.379 e. The fourth-order valence-corrected chi connectivity index (χ4v) is 3.23. The molecule has 0 aromatic rings. The molecule has 1 rings (SSSR count). The lowest BCUT2D eigenvalue weighted by atomic mass is 10.1. The first-order chi connectivity index (χ1) is 7.95. The molecule has 0 amide bonds. The zero-order valence-electron chi connectivity index (χ0n) is 11.0. The third kappa shape index (κ3) is 5.81. The second-order valence-electron chi connectivity index (χ2n) is 4.70. The fourth-order valence-electron chi connectivity index (χ4n) is 1.83. The van der Waals surface area contributed by atoms with Gasteiger partial charge in [-0.25, -0.2) is 0 Å². The number of nitrogens with one attached hydrogen (secondary N) is 1. The van der Waals surface area contributed by atoms with Crippen LogP contribution >= 0.6 is 12.4 Å². The molecule has 0 aromatic carbocycles. The molecule has 0 aromatic heterocycles. The quantitative estimate of drug-likeness (QED) is 0.720. The maximum atomic E-state index is 12.0. The van der Waals surface area contributed by atoms with E-state index in [1.807, 2.05) is 13.8 Å². The van der Waals surface area contributed by atoms with Gasteiger partial charge in [0.05, 0.1) is 13.2 Å². The molecule has 0 saturated carbocycles. The van der Waals surface area contributed by atoms with Gasteiger partial charge in [0.25, 0.3) is 10.2 Å². The van der Waals surface area contributed by atoms with E-state index in [1.165, 1.54) is 4.31 Å². The van der Waals surface area contributed by atoms with Gasteiger partial charge in [0.2, 0.25) is 0 Å².